The summed E-state index contributed by atoms with van der Waals surface area (Å²) in [6.07, 6.45) is 0. The lowest BCUT2D eigenvalue weighted by Gasteiger charge is -2.24. The van der Waals surface area contributed by atoms with Gasteiger partial charge in [-0.2, -0.15) is 0 Å². The van der Waals surface area contributed by atoms with E-state index < -0.39 is 0 Å². The number of nitrogen functional groups attached to an aromatic ring is 1. The third kappa shape index (κ3) is 3.47. The summed E-state index contributed by atoms with van der Waals surface area (Å²) in [6.45, 7) is 2.38. The Hall–Kier alpha value is -1.89. The van der Waals surface area contributed by atoms with E-state index in [1.54, 1.807) is 12.1 Å². The van der Waals surface area contributed by atoms with Gasteiger partial charge in [-0.15, -0.1) is 11.3 Å². The van der Waals surface area contributed by atoms with Gasteiger partial charge in [0.1, 0.15) is 0 Å². The average Bonchev–Trinajstić information content (AvgIpc) is 2.97. The Labute approximate surface area is 133 Å². The quantitative estimate of drug-likeness (QED) is 0.536. The number of hydrogen-bond donors (Lipinski definition) is 3. The molecule has 0 spiro atoms. The maximum atomic E-state index is 11.7. The van der Waals surface area contributed by atoms with E-state index in [1.165, 1.54) is 18.3 Å². The molecule has 2 rings (SSSR count). The first-order chi connectivity index (χ1) is 10.6. The molecule has 0 fully saturated rings. The van der Waals surface area contributed by atoms with Crippen molar-refractivity contribution in [1.29, 1.82) is 0 Å². The number of benzene rings is 1. The van der Waals surface area contributed by atoms with Gasteiger partial charge < -0.3 is 20.8 Å². The molecule has 0 aliphatic rings. The van der Waals surface area contributed by atoms with Gasteiger partial charge in [0.25, 0.3) is 0 Å². The Bertz CT molecular complexity index is 649. The van der Waals surface area contributed by atoms with E-state index in [0.29, 0.717) is 24.3 Å². The van der Waals surface area contributed by atoms with E-state index in [2.05, 4.69) is 0 Å². The zero-order valence-corrected chi connectivity index (χ0v) is 13.3. The second-order valence-corrected chi connectivity index (χ2v) is 5.84. The van der Waals surface area contributed by atoms with Crippen LogP contribution in [0.25, 0.3) is 10.4 Å². The van der Waals surface area contributed by atoms with Crippen LogP contribution in [0.5, 0.6) is 0 Å². The van der Waals surface area contributed by atoms with Crippen molar-refractivity contribution in [2.24, 2.45) is 0 Å². The molecule has 22 heavy (non-hydrogen) atoms. The fraction of sp³-hybridized carbons (Fsp3) is 0.312. The topological polar surface area (TPSA) is 86.8 Å². The van der Waals surface area contributed by atoms with Crippen LogP contribution in [0.1, 0.15) is 17.3 Å². The molecular formula is C16H20N2O3S. The number of hydrogen-bond acceptors (Lipinski definition) is 6. The molecule has 0 atom stereocenters. The third-order valence-corrected chi connectivity index (χ3v) is 4.38. The monoisotopic (exact) mass is 320 g/mol. The van der Waals surface area contributed by atoms with E-state index in [1.807, 2.05) is 22.4 Å². The van der Waals surface area contributed by atoms with Crippen molar-refractivity contribution >= 4 is 28.5 Å². The molecule has 1 aromatic heterocycles. The second-order valence-electron chi connectivity index (χ2n) is 4.93. The van der Waals surface area contributed by atoms with Crippen LogP contribution in [-0.4, -0.2) is 42.3 Å². The zero-order chi connectivity index (χ0) is 16.1. The van der Waals surface area contributed by atoms with Crippen LogP contribution in [-0.2, 0) is 0 Å². The first kappa shape index (κ1) is 16.5. The van der Waals surface area contributed by atoms with Crippen LogP contribution in [0.15, 0.2) is 29.6 Å². The highest BCUT2D eigenvalue weighted by molar-refractivity contribution is 7.14. The molecular weight excluding hydrogens is 300 g/mol. The van der Waals surface area contributed by atoms with E-state index in [0.717, 1.165) is 16.1 Å². The van der Waals surface area contributed by atoms with Gasteiger partial charge in [0.2, 0.25) is 0 Å². The lowest BCUT2D eigenvalue weighted by atomic mass is 10.0. The molecule has 118 valence electrons. The molecule has 2 aromatic rings. The van der Waals surface area contributed by atoms with Crippen molar-refractivity contribution in [1.82, 2.24) is 0 Å². The summed E-state index contributed by atoms with van der Waals surface area (Å²) in [7, 11) is 0. The van der Waals surface area contributed by atoms with Crippen molar-refractivity contribution < 1.29 is 15.0 Å². The fourth-order valence-electron chi connectivity index (χ4n) is 2.34. The minimum absolute atomic E-state index is 0.00257. The fourth-order valence-corrected chi connectivity index (χ4v) is 3.33. The molecule has 0 bridgehead atoms. The maximum Gasteiger partial charge on any atom is 0.161 e. The highest BCUT2D eigenvalue weighted by Gasteiger charge is 2.15. The number of aliphatic hydroxyl groups is 2. The van der Waals surface area contributed by atoms with Gasteiger partial charge in [0.15, 0.2) is 5.78 Å². The first-order valence-electron chi connectivity index (χ1n) is 7.03. The van der Waals surface area contributed by atoms with Crippen molar-refractivity contribution in [3.05, 3.63) is 35.2 Å². The number of aliphatic hydroxyl groups excluding tert-OH is 2. The van der Waals surface area contributed by atoms with Gasteiger partial charge >= 0.3 is 0 Å². The van der Waals surface area contributed by atoms with Crippen molar-refractivity contribution in [2.45, 2.75) is 6.92 Å². The van der Waals surface area contributed by atoms with Crippen molar-refractivity contribution in [3.8, 4) is 10.4 Å². The van der Waals surface area contributed by atoms with Crippen LogP contribution in [0, 0.1) is 0 Å². The predicted octanol–water partition coefficient (Wildman–Crippen LogP) is 1.99. The molecule has 5 nitrogen and oxygen atoms in total. The van der Waals surface area contributed by atoms with Crippen LogP contribution in [0.4, 0.5) is 11.4 Å². The molecule has 0 unspecified atom stereocenters. The van der Waals surface area contributed by atoms with E-state index in [-0.39, 0.29) is 19.0 Å². The van der Waals surface area contributed by atoms with Gasteiger partial charge in [-0.25, -0.2) is 0 Å². The zero-order valence-electron chi connectivity index (χ0n) is 12.5. The van der Waals surface area contributed by atoms with Gasteiger partial charge in [0.05, 0.1) is 13.2 Å². The molecule has 4 N–H and O–H groups in total. The van der Waals surface area contributed by atoms with E-state index in [9.17, 15) is 4.79 Å². The number of carbonyl (C=O) groups excluding carboxylic acids is 1. The number of rotatable bonds is 7. The minimum atomic E-state index is -0.00257. The Balaban J connectivity index is 2.46. The smallest absolute Gasteiger partial charge is 0.161 e. The van der Waals surface area contributed by atoms with Gasteiger partial charge in [-0.05, 0) is 36.6 Å². The lowest BCUT2D eigenvalue weighted by Crippen LogP contribution is -2.29. The summed E-state index contributed by atoms with van der Waals surface area (Å²) in [5, 5.41) is 20.2. The summed E-state index contributed by atoms with van der Waals surface area (Å²) in [6, 6.07) is 7.34. The van der Waals surface area contributed by atoms with E-state index in [4.69, 9.17) is 15.9 Å². The highest BCUT2D eigenvalue weighted by atomic mass is 32.1. The summed E-state index contributed by atoms with van der Waals surface area (Å²) < 4.78 is 0. The maximum absolute atomic E-state index is 11.7. The number of anilines is 2. The molecule has 6 heteroatoms. The Kier molecular flexibility index (Phi) is 5.54. The van der Waals surface area contributed by atoms with Crippen LogP contribution in [0.3, 0.4) is 0 Å². The predicted molar refractivity (Wildman–Crippen MR) is 90.6 cm³/mol. The average molecular weight is 320 g/mol. The SMILES string of the molecule is CC(=O)c1ccsc1-c1cc(N(CCO)CCO)ccc1N. The Morgan fingerprint density at radius 1 is 1.23 bits per heavy atom. The molecule has 0 radical (unpaired) electrons. The first-order valence-corrected chi connectivity index (χ1v) is 7.91. The molecule has 0 saturated carbocycles. The summed E-state index contributed by atoms with van der Waals surface area (Å²) in [4.78, 5) is 14.5. The van der Waals surface area contributed by atoms with E-state index >= 15 is 0 Å². The standard InChI is InChI=1S/C16H20N2O3S/c1-11(21)13-4-9-22-16(13)14-10-12(2-3-15(14)17)18(5-7-19)6-8-20/h2-4,9-10,19-20H,5-8,17H2,1H3. The second kappa shape index (κ2) is 7.40. The van der Waals surface area contributed by atoms with Crippen molar-refractivity contribution in [2.75, 3.05) is 36.9 Å². The van der Waals surface area contributed by atoms with Crippen LogP contribution >= 0.6 is 11.3 Å². The van der Waals surface area contributed by atoms with Gasteiger partial charge in [-0.3, -0.25) is 4.79 Å². The number of nitrogens with zero attached hydrogens (tertiary/aromatic N) is 1. The number of ketones is 1. The molecule has 0 aliphatic carbocycles. The van der Waals surface area contributed by atoms with Gasteiger partial charge in [0, 0.05) is 40.5 Å². The Morgan fingerprint density at radius 3 is 2.50 bits per heavy atom. The molecule has 1 aromatic carbocycles. The van der Waals surface area contributed by atoms with Crippen LogP contribution < -0.4 is 10.6 Å². The molecule has 0 amide bonds. The minimum Gasteiger partial charge on any atom is -0.398 e. The third-order valence-electron chi connectivity index (χ3n) is 3.43. The summed E-state index contributed by atoms with van der Waals surface area (Å²) in [5.41, 5.74) is 8.99. The number of thiophene rings is 1. The number of nitrogens with two attached hydrogens (primary N) is 1. The summed E-state index contributed by atoms with van der Waals surface area (Å²) in [5.74, 6) is 0.00336. The summed E-state index contributed by atoms with van der Waals surface area (Å²) >= 11 is 1.47. The van der Waals surface area contributed by atoms with Crippen molar-refractivity contribution in [3.63, 3.8) is 0 Å². The van der Waals surface area contributed by atoms with Gasteiger partial charge in [-0.1, -0.05) is 0 Å². The number of carbonyl (C=O) groups is 1. The largest absolute Gasteiger partial charge is 0.398 e. The van der Waals surface area contributed by atoms with Crippen LogP contribution in [0.2, 0.25) is 0 Å². The normalized spacial score (nSPS) is 10.7. The molecule has 0 saturated heterocycles. The molecule has 0 aliphatic heterocycles. The number of Topliss-reactive ketones (excluding diaryl/α,β-unsaturated/α-hetero) is 1. The highest BCUT2D eigenvalue weighted by Crippen LogP contribution is 2.36. The molecule has 1 heterocycles. The lowest BCUT2D eigenvalue weighted by molar-refractivity contribution is 0.101. The Morgan fingerprint density at radius 2 is 1.91 bits per heavy atom.